The number of nitrogens with two attached hydrogens (primary N) is 1. The highest BCUT2D eigenvalue weighted by atomic mass is 16.3. The Hall–Kier alpha value is -1.92. The predicted molar refractivity (Wildman–Crippen MR) is 85.9 cm³/mol. The van der Waals surface area contributed by atoms with Crippen LogP contribution in [0.2, 0.25) is 0 Å². The molecular formula is C15H23N5O. The van der Waals surface area contributed by atoms with Gasteiger partial charge in [0.05, 0.1) is 5.52 Å². The fourth-order valence-corrected chi connectivity index (χ4v) is 2.46. The van der Waals surface area contributed by atoms with Crippen molar-refractivity contribution in [1.29, 1.82) is 0 Å². The molecule has 1 unspecified atom stereocenters. The summed E-state index contributed by atoms with van der Waals surface area (Å²) in [5, 5.41) is 13.5. The number of nitrogen functional groups attached to an aromatic ring is 1. The van der Waals surface area contributed by atoms with Crippen LogP contribution in [0.5, 0.6) is 0 Å². The Morgan fingerprint density at radius 2 is 2.05 bits per heavy atom. The molecule has 0 saturated heterocycles. The van der Waals surface area contributed by atoms with Crippen molar-refractivity contribution in [2.24, 2.45) is 11.8 Å². The normalized spacial score (nSPS) is 12.3. The molecule has 6 nitrogen and oxygen atoms in total. The van der Waals surface area contributed by atoms with Gasteiger partial charge in [-0.15, -0.1) is 0 Å². The number of hydrogen-bond acceptors (Lipinski definition) is 6. The van der Waals surface area contributed by atoms with Crippen molar-refractivity contribution in [2.45, 2.75) is 26.2 Å². The highest BCUT2D eigenvalue weighted by molar-refractivity contribution is 5.89. The first-order valence-corrected chi connectivity index (χ1v) is 7.36. The van der Waals surface area contributed by atoms with Gasteiger partial charge in [0, 0.05) is 18.5 Å². The molecular weight excluding hydrogens is 266 g/mol. The second-order valence-electron chi connectivity index (χ2n) is 5.11. The molecule has 21 heavy (non-hydrogen) atoms. The third-order valence-electron chi connectivity index (χ3n) is 3.52. The molecule has 2 rings (SSSR count). The minimum Gasteiger partial charge on any atom is -0.396 e. The Morgan fingerprint density at radius 3 is 2.76 bits per heavy atom. The number of anilines is 2. The maximum Gasteiger partial charge on any atom is 0.239 e. The van der Waals surface area contributed by atoms with Crippen LogP contribution < -0.4 is 16.6 Å². The fourth-order valence-electron chi connectivity index (χ4n) is 2.46. The van der Waals surface area contributed by atoms with Gasteiger partial charge in [-0.1, -0.05) is 25.5 Å². The van der Waals surface area contributed by atoms with E-state index in [0.717, 1.165) is 42.5 Å². The topological polar surface area (TPSA) is 96.1 Å². The molecule has 0 fully saturated rings. The minimum atomic E-state index is 0.215. The molecule has 0 saturated carbocycles. The molecule has 0 aliphatic heterocycles. The number of para-hydroxylation sites is 1. The van der Waals surface area contributed by atoms with Gasteiger partial charge in [0.15, 0.2) is 0 Å². The van der Waals surface area contributed by atoms with E-state index in [1.807, 2.05) is 24.3 Å². The number of rotatable bonds is 8. The van der Waals surface area contributed by atoms with E-state index in [0.29, 0.717) is 11.9 Å². The second kappa shape index (κ2) is 7.75. The monoisotopic (exact) mass is 289 g/mol. The molecule has 0 aliphatic carbocycles. The zero-order valence-electron chi connectivity index (χ0n) is 12.3. The number of fused-ring (bicyclic) bond motifs is 1. The van der Waals surface area contributed by atoms with Crippen LogP contribution in [-0.4, -0.2) is 28.2 Å². The van der Waals surface area contributed by atoms with Crippen molar-refractivity contribution < 1.29 is 5.11 Å². The summed E-state index contributed by atoms with van der Waals surface area (Å²) < 4.78 is 0. The lowest BCUT2D eigenvalue weighted by Crippen LogP contribution is -2.18. The third-order valence-corrected chi connectivity index (χ3v) is 3.52. The molecule has 0 spiro atoms. The molecule has 1 aromatic heterocycles. The highest BCUT2D eigenvalue weighted by Crippen LogP contribution is 2.22. The van der Waals surface area contributed by atoms with E-state index >= 15 is 0 Å². The maximum absolute atomic E-state index is 9.13. The predicted octanol–water partition coefficient (Wildman–Crippen LogP) is 2.13. The first-order chi connectivity index (χ1) is 10.3. The molecule has 0 radical (unpaired) electrons. The summed E-state index contributed by atoms with van der Waals surface area (Å²) in [7, 11) is 0. The van der Waals surface area contributed by atoms with Crippen LogP contribution in [0, 0.1) is 5.92 Å². The van der Waals surface area contributed by atoms with Gasteiger partial charge in [-0.3, -0.25) is 5.43 Å². The molecule has 0 amide bonds. The van der Waals surface area contributed by atoms with Crippen molar-refractivity contribution in [1.82, 2.24) is 9.97 Å². The average molecular weight is 289 g/mol. The summed E-state index contributed by atoms with van der Waals surface area (Å²) >= 11 is 0. The van der Waals surface area contributed by atoms with Crippen LogP contribution in [0.4, 0.5) is 11.8 Å². The lowest BCUT2D eigenvalue weighted by atomic mass is 10.0. The summed E-state index contributed by atoms with van der Waals surface area (Å²) in [5.74, 6) is 7.02. The molecule has 1 aromatic carbocycles. The van der Waals surface area contributed by atoms with Crippen LogP contribution in [0.15, 0.2) is 24.3 Å². The van der Waals surface area contributed by atoms with Gasteiger partial charge in [0.1, 0.15) is 5.82 Å². The van der Waals surface area contributed by atoms with Gasteiger partial charge in [-0.25, -0.2) is 10.8 Å². The van der Waals surface area contributed by atoms with E-state index in [2.05, 4.69) is 27.6 Å². The summed E-state index contributed by atoms with van der Waals surface area (Å²) in [4.78, 5) is 8.72. The van der Waals surface area contributed by atoms with Gasteiger partial charge in [0.25, 0.3) is 0 Å². The van der Waals surface area contributed by atoms with Gasteiger partial charge >= 0.3 is 0 Å². The van der Waals surface area contributed by atoms with Gasteiger partial charge < -0.3 is 10.4 Å². The first-order valence-electron chi connectivity index (χ1n) is 7.36. The smallest absolute Gasteiger partial charge is 0.239 e. The molecule has 5 N–H and O–H groups in total. The number of aromatic nitrogens is 2. The maximum atomic E-state index is 9.13. The van der Waals surface area contributed by atoms with Gasteiger partial charge in [0.2, 0.25) is 5.95 Å². The summed E-state index contributed by atoms with van der Waals surface area (Å²) in [6, 6.07) is 7.81. The lowest BCUT2D eigenvalue weighted by Gasteiger charge is -2.17. The lowest BCUT2D eigenvalue weighted by molar-refractivity contribution is 0.255. The van der Waals surface area contributed by atoms with E-state index in [4.69, 9.17) is 10.9 Å². The minimum absolute atomic E-state index is 0.215. The van der Waals surface area contributed by atoms with Crippen molar-refractivity contribution >= 4 is 22.7 Å². The summed E-state index contributed by atoms with van der Waals surface area (Å²) in [5.41, 5.74) is 3.34. The molecule has 2 aromatic rings. The van der Waals surface area contributed by atoms with Crippen LogP contribution in [0.3, 0.4) is 0 Å². The number of nitrogens with one attached hydrogen (secondary N) is 2. The van der Waals surface area contributed by atoms with Crippen LogP contribution in [0.1, 0.15) is 26.2 Å². The van der Waals surface area contributed by atoms with Crippen LogP contribution in [-0.2, 0) is 0 Å². The summed E-state index contributed by atoms with van der Waals surface area (Å²) in [6.07, 6.45) is 2.98. The number of aliphatic hydroxyl groups is 1. The van der Waals surface area contributed by atoms with Gasteiger partial charge in [-0.05, 0) is 30.9 Å². The number of nitrogens with zero attached hydrogens (tertiary/aromatic N) is 2. The quantitative estimate of drug-likeness (QED) is 0.439. The Bertz CT molecular complexity index is 569. The van der Waals surface area contributed by atoms with E-state index in [1.54, 1.807) is 0 Å². The molecule has 0 aliphatic rings. The van der Waals surface area contributed by atoms with Crippen molar-refractivity contribution in [2.75, 3.05) is 23.9 Å². The van der Waals surface area contributed by atoms with E-state index in [-0.39, 0.29) is 6.61 Å². The average Bonchev–Trinajstić information content (AvgIpc) is 2.52. The molecule has 1 atom stereocenters. The van der Waals surface area contributed by atoms with E-state index in [9.17, 15) is 0 Å². The number of aliphatic hydroxyl groups excluding tert-OH is 1. The third kappa shape index (κ3) is 4.03. The highest BCUT2D eigenvalue weighted by Gasteiger charge is 2.10. The first kappa shape index (κ1) is 15.5. The zero-order valence-corrected chi connectivity index (χ0v) is 12.3. The van der Waals surface area contributed by atoms with Crippen molar-refractivity contribution in [3.05, 3.63) is 24.3 Å². The SMILES string of the molecule is CCCC(CCO)CNc1nc(NN)nc2ccccc12. The Labute approximate surface area is 124 Å². The fraction of sp³-hybridized carbons (Fsp3) is 0.467. The van der Waals surface area contributed by atoms with Crippen LogP contribution >= 0.6 is 0 Å². The molecule has 0 bridgehead atoms. The second-order valence-corrected chi connectivity index (χ2v) is 5.11. The van der Waals surface area contributed by atoms with Crippen LogP contribution in [0.25, 0.3) is 10.9 Å². The number of hydrogen-bond donors (Lipinski definition) is 4. The number of hydrazine groups is 1. The summed E-state index contributed by atoms with van der Waals surface area (Å²) in [6.45, 7) is 3.15. The Morgan fingerprint density at radius 1 is 1.24 bits per heavy atom. The largest absolute Gasteiger partial charge is 0.396 e. The van der Waals surface area contributed by atoms with E-state index < -0.39 is 0 Å². The molecule has 114 valence electrons. The number of benzene rings is 1. The van der Waals surface area contributed by atoms with Crippen molar-refractivity contribution in [3.63, 3.8) is 0 Å². The Balaban J connectivity index is 2.20. The zero-order chi connectivity index (χ0) is 15.1. The van der Waals surface area contributed by atoms with E-state index in [1.165, 1.54) is 0 Å². The molecule has 1 heterocycles. The Kier molecular flexibility index (Phi) is 5.71. The molecule has 6 heteroatoms. The van der Waals surface area contributed by atoms with Gasteiger partial charge in [-0.2, -0.15) is 4.98 Å². The standard InChI is InChI=1S/C15H23N5O/c1-2-5-11(8-9-21)10-17-14-12-6-3-4-7-13(12)18-15(19-14)20-16/h3-4,6-7,11,21H,2,5,8-10,16H2,1H3,(H2,17,18,19,20). The van der Waals surface area contributed by atoms with Crippen molar-refractivity contribution in [3.8, 4) is 0 Å².